The molecular formula is C58H102O6. The van der Waals surface area contributed by atoms with Crippen LogP contribution in [0.4, 0.5) is 0 Å². The highest BCUT2D eigenvalue weighted by molar-refractivity contribution is 5.71. The summed E-state index contributed by atoms with van der Waals surface area (Å²) in [6.07, 6.45) is 65.0. The number of esters is 3. The Kier molecular flexibility index (Phi) is 50.4. The first-order valence-corrected chi connectivity index (χ1v) is 27.3. The molecule has 0 saturated heterocycles. The van der Waals surface area contributed by atoms with Crippen LogP contribution in [0.25, 0.3) is 0 Å². The summed E-state index contributed by atoms with van der Waals surface area (Å²) in [5, 5.41) is 0. The zero-order valence-corrected chi connectivity index (χ0v) is 42.3. The van der Waals surface area contributed by atoms with E-state index in [2.05, 4.69) is 81.5 Å². The number of hydrogen-bond acceptors (Lipinski definition) is 6. The fraction of sp³-hybridized carbons (Fsp3) is 0.776. The van der Waals surface area contributed by atoms with Crippen molar-refractivity contribution in [3.63, 3.8) is 0 Å². The number of unbranched alkanes of at least 4 members (excludes halogenated alkanes) is 30. The van der Waals surface area contributed by atoms with Gasteiger partial charge < -0.3 is 14.2 Å². The highest BCUT2D eigenvalue weighted by Gasteiger charge is 2.19. The average Bonchev–Trinajstić information content (AvgIpc) is 3.29. The zero-order chi connectivity index (χ0) is 46.5. The molecular weight excluding hydrogens is 793 g/mol. The maximum Gasteiger partial charge on any atom is 0.306 e. The van der Waals surface area contributed by atoms with Gasteiger partial charge in [-0.2, -0.15) is 0 Å². The Balaban J connectivity index is 4.39. The predicted molar refractivity (Wildman–Crippen MR) is 275 cm³/mol. The Morgan fingerprint density at radius 2 is 0.578 bits per heavy atom. The smallest absolute Gasteiger partial charge is 0.306 e. The molecule has 64 heavy (non-hydrogen) atoms. The van der Waals surface area contributed by atoms with Crippen molar-refractivity contribution in [2.45, 2.75) is 277 Å². The van der Waals surface area contributed by atoms with Crippen molar-refractivity contribution in [1.29, 1.82) is 0 Å². The van der Waals surface area contributed by atoms with E-state index in [4.69, 9.17) is 14.2 Å². The van der Waals surface area contributed by atoms with Gasteiger partial charge in [-0.05, 0) is 89.9 Å². The molecule has 0 saturated carbocycles. The zero-order valence-electron chi connectivity index (χ0n) is 42.3. The van der Waals surface area contributed by atoms with Crippen molar-refractivity contribution in [1.82, 2.24) is 0 Å². The normalized spacial score (nSPS) is 12.5. The summed E-state index contributed by atoms with van der Waals surface area (Å²) in [5.74, 6) is -0.950. The first-order chi connectivity index (χ1) is 31.5. The monoisotopic (exact) mass is 895 g/mol. The van der Waals surface area contributed by atoms with Crippen LogP contribution in [0.5, 0.6) is 0 Å². The standard InChI is InChI=1S/C58H102O6/c1-4-7-10-13-16-19-22-24-26-28-29-30-32-33-36-39-42-45-48-51-57(60)63-54-55(53-62-56(59)50-47-44-41-38-35-21-18-15-12-9-6-3)64-58(61)52-49-46-43-40-37-34-31-27-25-23-20-17-14-11-8-5-2/h15,18,21,27-29,31,34-35,37,55H,4-14,16-17,19-20,22-26,30,32-33,36,38-54H2,1-3H3/b18-15-,29-28-,31-27-,35-21-,37-34-. The summed E-state index contributed by atoms with van der Waals surface area (Å²) < 4.78 is 16.8. The fourth-order valence-corrected chi connectivity index (χ4v) is 7.58. The van der Waals surface area contributed by atoms with Gasteiger partial charge in [-0.3, -0.25) is 14.4 Å². The Morgan fingerprint density at radius 1 is 0.312 bits per heavy atom. The van der Waals surface area contributed by atoms with Crippen LogP contribution in [-0.4, -0.2) is 37.2 Å². The van der Waals surface area contributed by atoms with Gasteiger partial charge in [0.05, 0.1) is 0 Å². The van der Waals surface area contributed by atoms with Crippen molar-refractivity contribution in [2.24, 2.45) is 0 Å². The summed E-state index contributed by atoms with van der Waals surface area (Å²) >= 11 is 0. The van der Waals surface area contributed by atoms with Crippen molar-refractivity contribution < 1.29 is 28.6 Å². The molecule has 0 aromatic heterocycles. The first kappa shape index (κ1) is 61.1. The van der Waals surface area contributed by atoms with Crippen molar-refractivity contribution in [2.75, 3.05) is 13.2 Å². The van der Waals surface area contributed by atoms with E-state index in [1.807, 2.05) is 0 Å². The van der Waals surface area contributed by atoms with Crippen LogP contribution in [0.2, 0.25) is 0 Å². The molecule has 0 heterocycles. The maximum absolute atomic E-state index is 12.8. The molecule has 6 nitrogen and oxygen atoms in total. The fourth-order valence-electron chi connectivity index (χ4n) is 7.58. The van der Waals surface area contributed by atoms with E-state index in [1.165, 1.54) is 148 Å². The van der Waals surface area contributed by atoms with E-state index in [1.54, 1.807) is 0 Å². The van der Waals surface area contributed by atoms with Crippen LogP contribution in [-0.2, 0) is 28.6 Å². The molecule has 0 N–H and O–H groups in total. The SMILES string of the molecule is CCCC/C=C\C=C/CCCCCC(=O)OCC(COC(=O)CCCCCCCCC/C=C\CCCCCCCCCC)OC(=O)CCCCC/C=C\C=C/CCCCCCCCC. The second-order valence-corrected chi connectivity index (χ2v) is 18.2. The minimum Gasteiger partial charge on any atom is -0.462 e. The number of ether oxygens (including phenoxy) is 3. The maximum atomic E-state index is 12.8. The lowest BCUT2D eigenvalue weighted by Crippen LogP contribution is -2.30. The van der Waals surface area contributed by atoms with Gasteiger partial charge in [-0.1, -0.05) is 223 Å². The van der Waals surface area contributed by atoms with Gasteiger partial charge in [0.15, 0.2) is 6.10 Å². The number of rotatable bonds is 49. The number of allylic oxidation sites excluding steroid dienone is 10. The first-order valence-electron chi connectivity index (χ1n) is 27.3. The molecule has 0 aromatic rings. The minimum atomic E-state index is -0.799. The molecule has 1 atom stereocenters. The second-order valence-electron chi connectivity index (χ2n) is 18.2. The molecule has 0 aromatic carbocycles. The van der Waals surface area contributed by atoms with Crippen LogP contribution in [0.1, 0.15) is 271 Å². The van der Waals surface area contributed by atoms with Crippen LogP contribution in [0.15, 0.2) is 60.8 Å². The Labute approximate surface area is 396 Å². The molecule has 0 fully saturated rings. The molecule has 0 aliphatic heterocycles. The molecule has 0 bridgehead atoms. The van der Waals surface area contributed by atoms with Crippen LogP contribution < -0.4 is 0 Å². The van der Waals surface area contributed by atoms with Crippen LogP contribution in [0.3, 0.4) is 0 Å². The molecule has 0 aliphatic rings. The summed E-state index contributed by atoms with van der Waals surface area (Å²) in [5.41, 5.74) is 0. The summed E-state index contributed by atoms with van der Waals surface area (Å²) in [4.78, 5) is 38.0. The lowest BCUT2D eigenvalue weighted by Gasteiger charge is -2.18. The van der Waals surface area contributed by atoms with Crippen molar-refractivity contribution >= 4 is 17.9 Å². The molecule has 0 aliphatic carbocycles. The third-order valence-corrected chi connectivity index (χ3v) is 11.8. The van der Waals surface area contributed by atoms with Gasteiger partial charge in [0.2, 0.25) is 0 Å². The molecule has 1 unspecified atom stereocenters. The molecule has 0 radical (unpaired) electrons. The van der Waals surface area contributed by atoms with Crippen molar-refractivity contribution in [3.05, 3.63) is 60.8 Å². The van der Waals surface area contributed by atoms with E-state index >= 15 is 0 Å². The lowest BCUT2D eigenvalue weighted by atomic mass is 10.1. The van der Waals surface area contributed by atoms with Gasteiger partial charge in [0.1, 0.15) is 13.2 Å². The largest absolute Gasteiger partial charge is 0.462 e. The highest BCUT2D eigenvalue weighted by atomic mass is 16.6. The number of carbonyl (C=O) groups excluding carboxylic acids is 3. The average molecular weight is 895 g/mol. The van der Waals surface area contributed by atoms with E-state index < -0.39 is 6.10 Å². The quantitative estimate of drug-likeness (QED) is 0.0199. The lowest BCUT2D eigenvalue weighted by molar-refractivity contribution is -0.167. The number of hydrogen-bond donors (Lipinski definition) is 0. The highest BCUT2D eigenvalue weighted by Crippen LogP contribution is 2.14. The predicted octanol–water partition coefficient (Wildman–Crippen LogP) is 18.0. The second kappa shape index (κ2) is 52.7. The van der Waals surface area contributed by atoms with Crippen LogP contribution in [0, 0.1) is 0 Å². The Morgan fingerprint density at radius 3 is 0.938 bits per heavy atom. The van der Waals surface area contributed by atoms with E-state index in [0.29, 0.717) is 19.3 Å². The summed E-state index contributed by atoms with van der Waals surface area (Å²) in [7, 11) is 0. The van der Waals surface area contributed by atoms with Gasteiger partial charge in [0.25, 0.3) is 0 Å². The number of carbonyl (C=O) groups is 3. The topological polar surface area (TPSA) is 78.9 Å². The third kappa shape index (κ3) is 50.1. The van der Waals surface area contributed by atoms with Gasteiger partial charge in [0, 0.05) is 19.3 Å². The molecule has 370 valence electrons. The molecule has 6 heteroatoms. The van der Waals surface area contributed by atoms with Gasteiger partial charge in [-0.25, -0.2) is 0 Å². The minimum absolute atomic E-state index is 0.0953. The van der Waals surface area contributed by atoms with E-state index in [0.717, 1.165) is 83.5 Å². The van der Waals surface area contributed by atoms with E-state index in [-0.39, 0.29) is 31.1 Å². The third-order valence-electron chi connectivity index (χ3n) is 11.8. The van der Waals surface area contributed by atoms with Gasteiger partial charge in [-0.15, -0.1) is 0 Å². The Hall–Kier alpha value is -2.89. The molecule has 0 amide bonds. The Bertz CT molecular complexity index is 1170. The van der Waals surface area contributed by atoms with Crippen molar-refractivity contribution in [3.8, 4) is 0 Å². The van der Waals surface area contributed by atoms with Gasteiger partial charge >= 0.3 is 17.9 Å². The van der Waals surface area contributed by atoms with Crippen LogP contribution >= 0.6 is 0 Å². The molecule has 0 rings (SSSR count). The van der Waals surface area contributed by atoms with E-state index in [9.17, 15) is 14.4 Å². The molecule has 0 spiro atoms. The summed E-state index contributed by atoms with van der Waals surface area (Å²) in [6.45, 7) is 6.54. The summed E-state index contributed by atoms with van der Waals surface area (Å²) in [6, 6.07) is 0.